The van der Waals surface area contributed by atoms with Crippen LogP contribution in [0.2, 0.25) is 0 Å². The van der Waals surface area contributed by atoms with Crippen LogP contribution in [0.4, 0.5) is 5.69 Å². The predicted octanol–water partition coefficient (Wildman–Crippen LogP) is 4.75. The molecule has 0 spiro atoms. The third kappa shape index (κ3) is 6.61. The minimum Gasteiger partial charge on any atom is -0.352 e. The van der Waals surface area contributed by atoms with Gasteiger partial charge in [0, 0.05) is 12.6 Å². The summed E-state index contributed by atoms with van der Waals surface area (Å²) in [4.78, 5) is 29.0. The first-order valence-electron chi connectivity index (χ1n) is 13.2. The molecule has 0 saturated heterocycles. The summed E-state index contributed by atoms with van der Waals surface area (Å²) in [7, 11) is -4.04. The number of anilines is 1. The van der Waals surface area contributed by atoms with E-state index < -0.39 is 28.5 Å². The van der Waals surface area contributed by atoms with Crippen molar-refractivity contribution < 1.29 is 18.0 Å². The summed E-state index contributed by atoms with van der Waals surface area (Å²) in [6.45, 7) is 1.64. The summed E-state index contributed by atoms with van der Waals surface area (Å²) >= 11 is 0. The molecule has 0 radical (unpaired) electrons. The van der Waals surface area contributed by atoms with Gasteiger partial charge in [-0.3, -0.25) is 13.9 Å². The summed E-state index contributed by atoms with van der Waals surface area (Å²) in [6, 6.07) is 25.5. The maximum Gasteiger partial charge on any atom is 0.264 e. The van der Waals surface area contributed by atoms with E-state index in [1.54, 1.807) is 48.5 Å². The summed E-state index contributed by atoms with van der Waals surface area (Å²) in [5, 5.41) is 3.13. The van der Waals surface area contributed by atoms with Crippen LogP contribution >= 0.6 is 0 Å². The molecule has 0 bridgehead atoms. The van der Waals surface area contributed by atoms with Crippen molar-refractivity contribution in [1.29, 1.82) is 0 Å². The number of hydrogen-bond donors (Lipinski definition) is 1. The highest BCUT2D eigenvalue weighted by atomic mass is 32.2. The van der Waals surface area contributed by atoms with Crippen LogP contribution in [0.25, 0.3) is 0 Å². The number of benzene rings is 3. The van der Waals surface area contributed by atoms with Crippen molar-refractivity contribution in [3.8, 4) is 0 Å². The van der Waals surface area contributed by atoms with Crippen LogP contribution in [0.5, 0.6) is 0 Å². The van der Waals surface area contributed by atoms with E-state index in [2.05, 4.69) is 5.32 Å². The van der Waals surface area contributed by atoms with Gasteiger partial charge in [0.25, 0.3) is 10.0 Å². The summed E-state index contributed by atoms with van der Waals surface area (Å²) in [5.74, 6) is -0.633. The molecule has 1 aliphatic rings. The second kappa shape index (κ2) is 12.7. The van der Waals surface area contributed by atoms with Gasteiger partial charge in [0.15, 0.2) is 0 Å². The lowest BCUT2D eigenvalue weighted by molar-refractivity contribution is -0.140. The lowest BCUT2D eigenvalue weighted by Crippen LogP contribution is -2.53. The van der Waals surface area contributed by atoms with Gasteiger partial charge in [0.1, 0.15) is 12.6 Å². The molecule has 1 fully saturated rings. The number of rotatable bonds is 11. The molecular weight excluding hydrogens is 498 g/mol. The fourth-order valence-electron chi connectivity index (χ4n) is 4.91. The molecule has 0 aliphatic heterocycles. The van der Waals surface area contributed by atoms with Gasteiger partial charge in [-0.05, 0) is 49.1 Å². The largest absolute Gasteiger partial charge is 0.352 e. The molecular formula is C30H35N3O4S. The molecule has 1 aliphatic carbocycles. The second-order valence-electron chi connectivity index (χ2n) is 9.58. The monoisotopic (exact) mass is 533 g/mol. The molecule has 38 heavy (non-hydrogen) atoms. The SMILES string of the molecule is CC[C@H](C(=O)NC1CCCC1)N(Cc1ccccc1)C(=O)CN(c1ccccc1)S(=O)(=O)c1ccccc1. The Morgan fingerprint density at radius 2 is 1.42 bits per heavy atom. The van der Waals surface area contributed by atoms with Crippen LogP contribution in [0.15, 0.2) is 95.9 Å². The zero-order chi connectivity index (χ0) is 27.0. The van der Waals surface area contributed by atoms with Gasteiger partial charge in [-0.25, -0.2) is 8.42 Å². The van der Waals surface area contributed by atoms with Crippen molar-refractivity contribution >= 4 is 27.5 Å². The average molecular weight is 534 g/mol. The number of para-hydroxylation sites is 1. The summed E-state index contributed by atoms with van der Waals surface area (Å²) < 4.78 is 28.6. The number of sulfonamides is 1. The zero-order valence-corrected chi connectivity index (χ0v) is 22.5. The first kappa shape index (κ1) is 27.4. The third-order valence-electron chi connectivity index (χ3n) is 6.94. The molecule has 8 heteroatoms. The number of carbonyl (C=O) groups is 2. The molecule has 0 unspecified atom stereocenters. The maximum atomic E-state index is 14.0. The van der Waals surface area contributed by atoms with Crippen molar-refractivity contribution in [2.75, 3.05) is 10.8 Å². The average Bonchev–Trinajstić information content (AvgIpc) is 3.46. The van der Waals surface area contributed by atoms with E-state index in [9.17, 15) is 18.0 Å². The van der Waals surface area contributed by atoms with E-state index in [1.807, 2.05) is 37.3 Å². The van der Waals surface area contributed by atoms with Gasteiger partial charge in [0.05, 0.1) is 10.6 Å². The Balaban J connectivity index is 1.67. The molecule has 200 valence electrons. The molecule has 1 atom stereocenters. The Kier molecular flexibility index (Phi) is 9.18. The van der Waals surface area contributed by atoms with Gasteiger partial charge < -0.3 is 10.2 Å². The third-order valence-corrected chi connectivity index (χ3v) is 8.73. The lowest BCUT2D eigenvalue weighted by Gasteiger charge is -2.33. The maximum absolute atomic E-state index is 14.0. The summed E-state index contributed by atoms with van der Waals surface area (Å²) in [6.07, 6.45) is 4.45. The van der Waals surface area contributed by atoms with Crippen LogP contribution in [0.3, 0.4) is 0 Å². The van der Waals surface area contributed by atoms with Gasteiger partial charge in [-0.2, -0.15) is 0 Å². The lowest BCUT2D eigenvalue weighted by atomic mass is 10.1. The summed E-state index contributed by atoms with van der Waals surface area (Å²) in [5.41, 5.74) is 1.25. The number of nitrogens with one attached hydrogen (secondary N) is 1. The van der Waals surface area contributed by atoms with Crippen molar-refractivity contribution in [2.24, 2.45) is 0 Å². The Bertz CT molecular complexity index is 1300. The van der Waals surface area contributed by atoms with Crippen LogP contribution in [-0.4, -0.2) is 43.8 Å². The molecule has 3 aromatic carbocycles. The quantitative estimate of drug-likeness (QED) is 0.386. The molecule has 0 aromatic heterocycles. The van der Waals surface area contributed by atoms with E-state index >= 15 is 0 Å². The molecule has 1 saturated carbocycles. The number of hydrogen-bond acceptors (Lipinski definition) is 4. The smallest absolute Gasteiger partial charge is 0.264 e. The predicted molar refractivity (Wildman–Crippen MR) is 149 cm³/mol. The minimum atomic E-state index is -4.04. The normalized spacial score (nSPS) is 14.6. The molecule has 2 amide bonds. The molecule has 1 N–H and O–H groups in total. The highest BCUT2D eigenvalue weighted by molar-refractivity contribution is 7.92. The van der Waals surface area contributed by atoms with E-state index in [0.717, 1.165) is 35.6 Å². The fourth-order valence-corrected chi connectivity index (χ4v) is 6.35. The van der Waals surface area contributed by atoms with Gasteiger partial charge in [-0.15, -0.1) is 0 Å². The van der Waals surface area contributed by atoms with E-state index in [-0.39, 0.29) is 23.4 Å². The highest BCUT2D eigenvalue weighted by Crippen LogP contribution is 2.25. The number of amides is 2. The van der Waals surface area contributed by atoms with E-state index in [0.29, 0.717) is 12.1 Å². The first-order valence-corrected chi connectivity index (χ1v) is 14.6. The minimum absolute atomic E-state index is 0.0947. The zero-order valence-electron chi connectivity index (χ0n) is 21.7. The standard InChI is InChI=1S/C30H35N3O4S/c1-2-28(30(35)31-25-16-12-13-17-25)32(22-24-14-6-3-7-15-24)29(34)23-33(26-18-8-4-9-19-26)38(36,37)27-20-10-5-11-21-27/h3-11,14-15,18-21,25,28H,2,12-13,16-17,22-23H2,1H3,(H,31,35)/t28-/m1/s1. The van der Waals surface area contributed by atoms with Gasteiger partial charge in [-0.1, -0.05) is 86.5 Å². The second-order valence-corrected chi connectivity index (χ2v) is 11.4. The molecule has 3 aromatic rings. The van der Waals surface area contributed by atoms with Crippen LogP contribution in [0, 0.1) is 0 Å². The molecule has 7 nitrogen and oxygen atoms in total. The van der Waals surface area contributed by atoms with Gasteiger partial charge in [0.2, 0.25) is 11.8 Å². The number of carbonyl (C=O) groups excluding carboxylic acids is 2. The van der Waals surface area contributed by atoms with Crippen LogP contribution in [0.1, 0.15) is 44.6 Å². The Labute approximate surface area is 225 Å². The fraction of sp³-hybridized carbons (Fsp3) is 0.333. The highest BCUT2D eigenvalue weighted by Gasteiger charge is 2.34. The van der Waals surface area contributed by atoms with E-state index in [4.69, 9.17) is 0 Å². The molecule has 0 heterocycles. The van der Waals surface area contributed by atoms with Crippen LogP contribution < -0.4 is 9.62 Å². The Hall–Kier alpha value is -3.65. The Morgan fingerprint density at radius 1 is 0.868 bits per heavy atom. The first-order chi connectivity index (χ1) is 18.4. The van der Waals surface area contributed by atoms with Crippen molar-refractivity contribution in [1.82, 2.24) is 10.2 Å². The topological polar surface area (TPSA) is 86.8 Å². The van der Waals surface area contributed by atoms with Crippen molar-refractivity contribution in [2.45, 2.75) is 62.6 Å². The van der Waals surface area contributed by atoms with Crippen molar-refractivity contribution in [3.63, 3.8) is 0 Å². The Morgan fingerprint density at radius 3 is 2.00 bits per heavy atom. The van der Waals surface area contributed by atoms with Crippen LogP contribution in [-0.2, 0) is 26.2 Å². The van der Waals surface area contributed by atoms with E-state index in [1.165, 1.54) is 17.0 Å². The van der Waals surface area contributed by atoms with Gasteiger partial charge >= 0.3 is 0 Å². The number of nitrogens with zero attached hydrogens (tertiary/aromatic N) is 2. The molecule has 4 rings (SSSR count). The van der Waals surface area contributed by atoms with Crippen molar-refractivity contribution in [3.05, 3.63) is 96.6 Å².